The molecule has 2 saturated heterocycles. The summed E-state index contributed by atoms with van der Waals surface area (Å²) in [5, 5.41) is 0. The van der Waals surface area contributed by atoms with Crippen LogP contribution in [0, 0.1) is 5.41 Å². The van der Waals surface area contributed by atoms with Gasteiger partial charge in [0.25, 0.3) is 0 Å². The number of fused-ring (bicyclic) bond motifs is 1. The minimum Gasteiger partial charge on any atom is -0.297 e. The lowest BCUT2D eigenvalue weighted by Gasteiger charge is -2.50. The Kier molecular flexibility index (Phi) is 4.11. The second-order valence-corrected chi connectivity index (χ2v) is 7.96. The summed E-state index contributed by atoms with van der Waals surface area (Å²) in [6, 6.07) is 13.1. The number of nitrogens with zero attached hydrogens (tertiary/aromatic N) is 2. The summed E-state index contributed by atoms with van der Waals surface area (Å²) >= 11 is 0. The van der Waals surface area contributed by atoms with E-state index in [1.807, 2.05) is 0 Å². The summed E-state index contributed by atoms with van der Waals surface area (Å²) in [5.74, 6) is 0. The second-order valence-electron chi connectivity index (χ2n) is 7.96. The Morgan fingerprint density at radius 2 is 1.81 bits per heavy atom. The van der Waals surface area contributed by atoms with E-state index in [0.29, 0.717) is 17.5 Å². The average Bonchev–Trinajstić information content (AvgIpc) is 2.92. The molecule has 0 spiro atoms. The molecule has 2 aliphatic rings. The van der Waals surface area contributed by atoms with Crippen LogP contribution in [-0.2, 0) is 0 Å². The van der Waals surface area contributed by atoms with Crippen molar-refractivity contribution < 1.29 is 0 Å². The van der Waals surface area contributed by atoms with Crippen molar-refractivity contribution in [3.8, 4) is 0 Å². The van der Waals surface area contributed by atoms with Crippen LogP contribution in [0.25, 0.3) is 0 Å². The van der Waals surface area contributed by atoms with Crippen LogP contribution < -0.4 is 0 Å². The Balaban J connectivity index is 1.89. The molecule has 2 nitrogen and oxygen atoms in total. The molecular formula is C19H30N2. The molecule has 0 N–H and O–H groups in total. The number of rotatable bonds is 2. The smallest absolute Gasteiger partial charge is 0.0479 e. The molecule has 21 heavy (non-hydrogen) atoms. The Hall–Kier alpha value is -0.860. The molecule has 1 aromatic carbocycles. The summed E-state index contributed by atoms with van der Waals surface area (Å²) in [4.78, 5) is 5.51. The van der Waals surface area contributed by atoms with E-state index in [4.69, 9.17) is 0 Å². The van der Waals surface area contributed by atoms with Gasteiger partial charge in [-0.25, -0.2) is 0 Å². The Morgan fingerprint density at radius 1 is 1.10 bits per heavy atom. The van der Waals surface area contributed by atoms with Crippen LogP contribution in [0.2, 0.25) is 0 Å². The van der Waals surface area contributed by atoms with Crippen LogP contribution in [0.4, 0.5) is 0 Å². The molecule has 116 valence electrons. The minimum atomic E-state index is 0.327. The normalized spacial score (nSPS) is 29.3. The molecule has 0 radical (unpaired) electrons. The van der Waals surface area contributed by atoms with Gasteiger partial charge in [0.1, 0.15) is 0 Å². The monoisotopic (exact) mass is 286 g/mol. The molecule has 0 bridgehead atoms. The zero-order chi connectivity index (χ0) is 15.0. The van der Waals surface area contributed by atoms with Crippen molar-refractivity contribution in [2.24, 2.45) is 5.41 Å². The lowest BCUT2D eigenvalue weighted by molar-refractivity contribution is -0.00971. The van der Waals surface area contributed by atoms with Crippen LogP contribution in [-0.4, -0.2) is 41.5 Å². The first-order valence-electron chi connectivity index (χ1n) is 8.51. The van der Waals surface area contributed by atoms with Crippen molar-refractivity contribution >= 4 is 0 Å². The molecule has 3 atom stereocenters. The van der Waals surface area contributed by atoms with Crippen LogP contribution in [0.5, 0.6) is 0 Å². The fraction of sp³-hybridized carbons (Fsp3) is 0.684. The SMILES string of the molecule is CC(N1CC2CCCN2CC1c1ccccc1)C(C)(C)C. The third kappa shape index (κ3) is 3.02. The maximum absolute atomic E-state index is 2.78. The van der Waals surface area contributed by atoms with E-state index in [1.165, 1.54) is 38.0 Å². The average molecular weight is 286 g/mol. The van der Waals surface area contributed by atoms with Gasteiger partial charge in [-0.05, 0) is 37.3 Å². The van der Waals surface area contributed by atoms with Gasteiger partial charge in [-0.15, -0.1) is 0 Å². The summed E-state index contributed by atoms with van der Waals surface area (Å²) in [7, 11) is 0. The number of benzene rings is 1. The van der Waals surface area contributed by atoms with Crippen LogP contribution in [0.3, 0.4) is 0 Å². The van der Waals surface area contributed by atoms with E-state index < -0.39 is 0 Å². The third-order valence-corrected chi connectivity index (χ3v) is 5.66. The van der Waals surface area contributed by atoms with Crippen LogP contribution in [0.1, 0.15) is 52.1 Å². The molecule has 3 rings (SSSR count). The molecule has 2 heterocycles. The predicted octanol–water partition coefficient (Wildman–Crippen LogP) is 3.94. The van der Waals surface area contributed by atoms with Gasteiger partial charge in [0.05, 0.1) is 0 Å². The van der Waals surface area contributed by atoms with Crippen molar-refractivity contribution in [2.45, 2.75) is 58.7 Å². The van der Waals surface area contributed by atoms with Crippen molar-refractivity contribution in [1.82, 2.24) is 9.80 Å². The Labute approximate surface area is 130 Å². The summed E-state index contributed by atoms with van der Waals surface area (Å²) < 4.78 is 0. The fourth-order valence-corrected chi connectivity index (χ4v) is 3.94. The molecule has 0 aromatic heterocycles. The van der Waals surface area contributed by atoms with Gasteiger partial charge >= 0.3 is 0 Å². The van der Waals surface area contributed by atoms with E-state index in [-0.39, 0.29) is 0 Å². The Morgan fingerprint density at radius 3 is 2.48 bits per heavy atom. The van der Waals surface area contributed by atoms with E-state index in [9.17, 15) is 0 Å². The highest BCUT2D eigenvalue weighted by atomic mass is 15.3. The van der Waals surface area contributed by atoms with Gasteiger partial charge in [-0.1, -0.05) is 51.1 Å². The second kappa shape index (κ2) is 5.73. The molecule has 0 saturated carbocycles. The first-order valence-corrected chi connectivity index (χ1v) is 8.51. The number of piperazine rings is 1. The van der Waals surface area contributed by atoms with Crippen LogP contribution in [0.15, 0.2) is 30.3 Å². The predicted molar refractivity (Wildman–Crippen MR) is 89.4 cm³/mol. The quantitative estimate of drug-likeness (QED) is 0.812. The topological polar surface area (TPSA) is 6.48 Å². The third-order valence-electron chi connectivity index (χ3n) is 5.66. The van der Waals surface area contributed by atoms with Crippen LogP contribution >= 0.6 is 0 Å². The highest BCUT2D eigenvalue weighted by Crippen LogP contribution is 2.37. The van der Waals surface area contributed by atoms with E-state index >= 15 is 0 Å². The van der Waals surface area contributed by atoms with Gasteiger partial charge in [0.15, 0.2) is 0 Å². The zero-order valence-corrected chi connectivity index (χ0v) is 14.0. The summed E-state index contributed by atoms with van der Waals surface area (Å²) in [5.41, 5.74) is 1.81. The van der Waals surface area contributed by atoms with Gasteiger partial charge in [-0.3, -0.25) is 9.80 Å². The number of hydrogen-bond donors (Lipinski definition) is 0. The fourth-order valence-electron chi connectivity index (χ4n) is 3.94. The van der Waals surface area contributed by atoms with Crippen molar-refractivity contribution in [1.29, 1.82) is 0 Å². The standard InChI is InChI=1S/C19H30N2/c1-15(19(2,3)4)21-13-17-11-8-12-20(17)14-18(21)16-9-6-5-7-10-16/h5-7,9-10,15,17-18H,8,11-14H2,1-4H3. The highest BCUT2D eigenvalue weighted by molar-refractivity contribution is 5.21. The zero-order valence-electron chi connectivity index (χ0n) is 14.0. The van der Waals surface area contributed by atoms with E-state index in [2.05, 4.69) is 67.8 Å². The maximum atomic E-state index is 2.78. The molecule has 1 aromatic rings. The minimum absolute atomic E-state index is 0.327. The van der Waals surface area contributed by atoms with Gasteiger partial charge in [-0.2, -0.15) is 0 Å². The highest BCUT2D eigenvalue weighted by Gasteiger charge is 2.41. The van der Waals surface area contributed by atoms with Gasteiger partial charge in [0.2, 0.25) is 0 Å². The largest absolute Gasteiger partial charge is 0.297 e. The molecule has 0 amide bonds. The molecular weight excluding hydrogens is 256 g/mol. The molecule has 3 unspecified atom stereocenters. The first-order chi connectivity index (χ1) is 9.97. The first kappa shape index (κ1) is 15.1. The maximum Gasteiger partial charge on any atom is 0.0479 e. The lowest BCUT2D eigenvalue weighted by Crippen LogP contribution is -2.56. The summed E-state index contributed by atoms with van der Waals surface area (Å²) in [6.45, 7) is 13.3. The van der Waals surface area contributed by atoms with Gasteiger partial charge in [0, 0.05) is 31.2 Å². The molecule has 0 aliphatic carbocycles. The molecule has 2 fully saturated rings. The lowest BCUT2D eigenvalue weighted by atomic mass is 9.84. The van der Waals surface area contributed by atoms with Crippen molar-refractivity contribution in [3.63, 3.8) is 0 Å². The van der Waals surface area contributed by atoms with Gasteiger partial charge < -0.3 is 0 Å². The van der Waals surface area contributed by atoms with Crippen molar-refractivity contribution in [3.05, 3.63) is 35.9 Å². The summed E-state index contributed by atoms with van der Waals surface area (Å²) in [6.07, 6.45) is 2.76. The molecule has 2 heteroatoms. The number of hydrogen-bond acceptors (Lipinski definition) is 2. The van der Waals surface area contributed by atoms with E-state index in [0.717, 1.165) is 6.04 Å². The molecule has 2 aliphatic heterocycles. The Bertz CT molecular complexity index is 462. The van der Waals surface area contributed by atoms with E-state index in [1.54, 1.807) is 0 Å². The van der Waals surface area contributed by atoms with Crippen molar-refractivity contribution in [2.75, 3.05) is 19.6 Å².